The van der Waals surface area contributed by atoms with Gasteiger partial charge in [0.25, 0.3) is 0 Å². The summed E-state index contributed by atoms with van der Waals surface area (Å²) in [5.41, 5.74) is 3.75. The third-order valence-electron chi connectivity index (χ3n) is 7.58. The van der Waals surface area contributed by atoms with Crippen LogP contribution in [0.1, 0.15) is 47.5 Å². The Morgan fingerprint density at radius 1 is 0.719 bits per heavy atom. The van der Waals surface area contributed by atoms with Crippen molar-refractivity contribution in [2.45, 2.75) is 58.9 Å². The zero-order valence-electron chi connectivity index (χ0n) is 20.0. The fourth-order valence-corrected chi connectivity index (χ4v) is 4.48. The van der Waals surface area contributed by atoms with Gasteiger partial charge in [-0.15, -0.1) is 0 Å². The van der Waals surface area contributed by atoms with Gasteiger partial charge in [0.05, 0.1) is 5.60 Å². The van der Waals surface area contributed by atoms with E-state index in [-0.39, 0.29) is 17.9 Å². The molecule has 2 heteroatoms. The van der Waals surface area contributed by atoms with Crippen LogP contribution in [0.25, 0.3) is 32.7 Å². The van der Waals surface area contributed by atoms with Gasteiger partial charge in [-0.3, -0.25) is 0 Å². The summed E-state index contributed by atoms with van der Waals surface area (Å²) in [5.74, 6) is 0.629. The zero-order valence-corrected chi connectivity index (χ0v) is 20.0. The highest BCUT2D eigenvalue weighted by Gasteiger charge is 2.44. The van der Waals surface area contributed by atoms with E-state index in [0.717, 1.165) is 0 Å². The van der Waals surface area contributed by atoms with E-state index in [0.29, 0.717) is 5.82 Å². The molecule has 0 unspecified atom stereocenters. The molecule has 0 aromatic heterocycles. The van der Waals surface area contributed by atoms with Crippen molar-refractivity contribution >= 4 is 33.9 Å². The molecule has 0 bridgehead atoms. The lowest BCUT2D eigenvalue weighted by Gasteiger charge is -2.41. The minimum absolute atomic E-state index is 0.0776. The molecule has 1 aliphatic carbocycles. The summed E-state index contributed by atoms with van der Waals surface area (Å²) in [5, 5.41) is 5.23. The maximum Gasteiger partial charge on any atom is 0.330 e. The molecule has 0 saturated heterocycles. The predicted molar refractivity (Wildman–Crippen MR) is 140 cm³/mol. The van der Waals surface area contributed by atoms with Crippen LogP contribution in [0.4, 0.5) is 0 Å². The lowest BCUT2D eigenvalue weighted by atomic mass is 9.54. The number of benzene rings is 4. The van der Waals surface area contributed by atoms with E-state index in [1.165, 1.54) is 51.0 Å². The summed E-state index contributed by atoms with van der Waals surface area (Å²) in [7, 11) is 0. The van der Waals surface area contributed by atoms with Crippen LogP contribution in [0.2, 0.25) is 5.82 Å². The van der Waals surface area contributed by atoms with Crippen molar-refractivity contribution in [3.63, 3.8) is 0 Å². The minimum atomic E-state index is -0.200. The molecule has 32 heavy (non-hydrogen) atoms. The van der Waals surface area contributed by atoms with Crippen molar-refractivity contribution in [2.24, 2.45) is 5.41 Å². The van der Waals surface area contributed by atoms with Crippen molar-refractivity contribution < 1.29 is 4.65 Å². The van der Waals surface area contributed by atoms with Crippen LogP contribution in [0.3, 0.4) is 0 Å². The second-order valence-corrected chi connectivity index (χ2v) is 11.0. The third kappa shape index (κ3) is 3.86. The highest BCUT2D eigenvalue weighted by atomic mass is 16.5. The first-order valence-electron chi connectivity index (χ1n) is 11.9. The summed E-state index contributed by atoms with van der Waals surface area (Å²) in [4.78, 5) is 0. The van der Waals surface area contributed by atoms with Crippen LogP contribution < -0.4 is 5.46 Å². The summed E-state index contributed by atoms with van der Waals surface area (Å²) >= 11 is 0. The fraction of sp³-hybridized carbons (Fsp3) is 0.333. The van der Waals surface area contributed by atoms with E-state index >= 15 is 0 Å². The number of rotatable bonds is 5. The summed E-state index contributed by atoms with van der Waals surface area (Å²) < 4.78 is 6.87. The van der Waals surface area contributed by atoms with Gasteiger partial charge >= 0.3 is 6.92 Å². The number of fused-ring (bicyclic) bond motifs is 3. The molecule has 1 nitrogen and oxygen atoms in total. The Morgan fingerprint density at radius 2 is 1.38 bits per heavy atom. The van der Waals surface area contributed by atoms with Crippen LogP contribution in [0.15, 0.2) is 78.9 Å². The molecule has 0 amide bonds. The van der Waals surface area contributed by atoms with E-state index in [1.807, 2.05) is 0 Å². The topological polar surface area (TPSA) is 9.23 Å². The van der Waals surface area contributed by atoms with Crippen molar-refractivity contribution in [2.75, 3.05) is 0 Å². The van der Waals surface area contributed by atoms with E-state index in [4.69, 9.17) is 4.65 Å². The van der Waals surface area contributed by atoms with Gasteiger partial charge in [-0.1, -0.05) is 106 Å². The fourth-order valence-electron chi connectivity index (χ4n) is 4.48. The lowest BCUT2D eigenvalue weighted by molar-refractivity contribution is -0.000922. The molecule has 0 radical (unpaired) electrons. The summed E-state index contributed by atoms with van der Waals surface area (Å²) in [6, 6.07) is 28.9. The van der Waals surface area contributed by atoms with Gasteiger partial charge in [0.15, 0.2) is 0 Å². The zero-order chi connectivity index (χ0) is 22.5. The lowest BCUT2D eigenvalue weighted by Crippen LogP contribution is -2.48. The first-order valence-corrected chi connectivity index (χ1v) is 11.9. The molecule has 1 fully saturated rings. The van der Waals surface area contributed by atoms with Gasteiger partial charge in [0, 0.05) is 0 Å². The highest BCUT2D eigenvalue weighted by molar-refractivity contribution is 6.70. The molecule has 4 aromatic carbocycles. The number of hydrogen-bond donors (Lipinski definition) is 0. The summed E-state index contributed by atoms with van der Waals surface area (Å²) in [6.07, 6.45) is 2.52. The average Bonchev–Trinajstić information content (AvgIpc) is 3.62. The molecule has 162 valence electrons. The first-order chi connectivity index (χ1) is 15.2. The Labute approximate surface area is 192 Å². The van der Waals surface area contributed by atoms with Gasteiger partial charge < -0.3 is 4.65 Å². The maximum absolute atomic E-state index is 6.87. The Kier molecular flexibility index (Phi) is 5.17. The second-order valence-electron chi connectivity index (χ2n) is 11.0. The smallest absolute Gasteiger partial charge is 0.330 e. The Morgan fingerprint density at radius 3 is 2.03 bits per heavy atom. The van der Waals surface area contributed by atoms with E-state index in [9.17, 15) is 0 Å². The van der Waals surface area contributed by atoms with Crippen LogP contribution in [0, 0.1) is 5.41 Å². The van der Waals surface area contributed by atoms with Crippen LogP contribution in [-0.2, 0) is 4.65 Å². The Balaban J connectivity index is 1.65. The molecule has 1 saturated carbocycles. The van der Waals surface area contributed by atoms with E-state index in [2.05, 4.69) is 113 Å². The molecule has 0 spiro atoms. The normalized spacial score (nSPS) is 14.8. The monoisotopic (exact) mass is 420 g/mol. The van der Waals surface area contributed by atoms with Gasteiger partial charge in [0.1, 0.15) is 0 Å². The molecule has 0 aliphatic heterocycles. The minimum Gasteiger partial charge on any atom is -0.425 e. The molecule has 0 atom stereocenters. The Hall–Kier alpha value is -2.58. The molecular weight excluding hydrogens is 387 g/mol. The number of hydrogen-bond acceptors (Lipinski definition) is 1. The first kappa shape index (κ1) is 21.3. The molecule has 1 aliphatic rings. The highest BCUT2D eigenvalue weighted by Crippen LogP contribution is 2.44. The molecule has 0 N–H and O–H groups in total. The Bertz CT molecular complexity index is 1260. The van der Waals surface area contributed by atoms with Crippen LogP contribution >= 0.6 is 0 Å². The summed E-state index contributed by atoms with van der Waals surface area (Å²) in [6.45, 7) is 11.5. The molecule has 0 heterocycles. The standard InChI is InChI=1S/C30H33BO/c1-29(2,3)30(4,5)32-31(23-17-18-23)24-16-15-22-19-27(21-11-7-6-8-12-21)25-13-9-10-14-26(25)28(22)20-24/h6-16,19-20,23H,17-18H2,1-5H3. The van der Waals surface area contributed by atoms with E-state index in [1.54, 1.807) is 0 Å². The van der Waals surface area contributed by atoms with Gasteiger partial charge in [-0.2, -0.15) is 0 Å². The van der Waals surface area contributed by atoms with Crippen molar-refractivity contribution in [3.8, 4) is 11.1 Å². The maximum atomic E-state index is 6.87. The average molecular weight is 420 g/mol. The second kappa shape index (κ2) is 7.78. The largest absolute Gasteiger partial charge is 0.425 e. The van der Waals surface area contributed by atoms with Crippen molar-refractivity contribution in [1.82, 2.24) is 0 Å². The van der Waals surface area contributed by atoms with Gasteiger partial charge in [-0.25, -0.2) is 0 Å². The van der Waals surface area contributed by atoms with E-state index < -0.39 is 0 Å². The van der Waals surface area contributed by atoms with Crippen LogP contribution in [-0.4, -0.2) is 12.5 Å². The van der Waals surface area contributed by atoms with Crippen molar-refractivity contribution in [3.05, 3.63) is 78.9 Å². The third-order valence-corrected chi connectivity index (χ3v) is 7.58. The van der Waals surface area contributed by atoms with Crippen LogP contribution in [0.5, 0.6) is 0 Å². The van der Waals surface area contributed by atoms with Crippen molar-refractivity contribution in [1.29, 1.82) is 0 Å². The SMILES string of the molecule is CC(C)(C)C(C)(C)OB(c1ccc2cc(-c3ccccc3)c3ccccc3c2c1)C1CC1. The van der Waals surface area contributed by atoms with Gasteiger partial charge in [-0.05, 0) is 69.3 Å². The molecular formula is C30H33BO. The quantitative estimate of drug-likeness (QED) is 0.236. The molecule has 5 rings (SSSR count). The predicted octanol–water partition coefficient (Wildman–Crippen LogP) is 7.86. The molecule has 4 aromatic rings. The van der Waals surface area contributed by atoms with Gasteiger partial charge in [0.2, 0.25) is 0 Å².